The van der Waals surface area contributed by atoms with Crippen molar-refractivity contribution in [3.63, 3.8) is 0 Å². The van der Waals surface area contributed by atoms with Crippen molar-refractivity contribution in [2.75, 3.05) is 13.2 Å². The molecule has 8 nitrogen and oxygen atoms in total. The van der Waals surface area contributed by atoms with Crippen molar-refractivity contribution in [2.45, 2.75) is 12.6 Å². The molecule has 0 aliphatic carbocycles. The molecule has 0 heterocycles. The predicted molar refractivity (Wildman–Crippen MR) is 64.9 cm³/mol. The number of nitro benzene ring substituents is 1. The molecule has 0 bridgehead atoms. The number of aliphatic hydroxyl groups excluding tert-OH is 2. The van der Waals surface area contributed by atoms with Crippen LogP contribution in [-0.4, -0.2) is 45.5 Å². The second-order valence-electron chi connectivity index (χ2n) is 3.82. The summed E-state index contributed by atoms with van der Waals surface area (Å²) in [6, 6.07) is 3.33. The summed E-state index contributed by atoms with van der Waals surface area (Å²) in [5, 5.41) is 40.3. The molecule has 8 heteroatoms. The van der Waals surface area contributed by atoms with Crippen LogP contribution >= 0.6 is 0 Å². The van der Waals surface area contributed by atoms with Gasteiger partial charge in [-0.05, 0) is 5.56 Å². The Labute approximate surface area is 108 Å². The highest BCUT2D eigenvalue weighted by molar-refractivity contribution is 5.94. The van der Waals surface area contributed by atoms with Gasteiger partial charge in [0.1, 0.15) is 5.56 Å². The number of aromatic carboxylic acids is 1. The molecular weight excluding hydrogens is 256 g/mol. The minimum Gasteiger partial charge on any atom is -0.477 e. The van der Waals surface area contributed by atoms with Crippen LogP contribution in [0.15, 0.2) is 18.2 Å². The van der Waals surface area contributed by atoms with E-state index in [1.54, 1.807) is 0 Å². The number of rotatable bonds is 7. The second kappa shape index (κ2) is 6.78. The van der Waals surface area contributed by atoms with Gasteiger partial charge in [-0.25, -0.2) is 4.79 Å². The molecule has 0 spiro atoms. The molecule has 19 heavy (non-hydrogen) atoms. The zero-order valence-corrected chi connectivity index (χ0v) is 9.94. The number of carboxylic acid groups (broad SMARTS) is 1. The molecule has 0 fully saturated rings. The molecule has 4 N–H and O–H groups in total. The molecule has 0 saturated heterocycles. The lowest BCUT2D eigenvalue weighted by Crippen LogP contribution is -2.35. The van der Waals surface area contributed by atoms with Crippen LogP contribution in [-0.2, 0) is 6.54 Å². The third kappa shape index (κ3) is 3.71. The number of carbonyl (C=O) groups is 1. The largest absolute Gasteiger partial charge is 0.477 e. The zero-order valence-electron chi connectivity index (χ0n) is 9.94. The monoisotopic (exact) mass is 270 g/mol. The Morgan fingerprint density at radius 1 is 1.37 bits per heavy atom. The number of hydrogen-bond donors (Lipinski definition) is 4. The number of nitro groups is 1. The molecule has 1 aromatic rings. The van der Waals surface area contributed by atoms with Crippen LogP contribution in [0.3, 0.4) is 0 Å². The average molecular weight is 270 g/mol. The van der Waals surface area contributed by atoms with Crippen LogP contribution in [0.2, 0.25) is 0 Å². The third-order valence-electron chi connectivity index (χ3n) is 2.56. The van der Waals surface area contributed by atoms with Crippen molar-refractivity contribution in [1.29, 1.82) is 0 Å². The molecule has 0 radical (unpaired) electrons. The van der Waals surface area contributed by atoms with Crippen molar-refractivity contribution >= 4 is 11.7 Å². The highest BCUT2D eigenvalue weighted by Gasteiger charge is 2.23. The van der Waals surface area contributed by atoms with Gasteiger partial charge in [0.2, 0.25) is 0 Å². The van der Waals surface area contributed by atoms with E-state index in [9.17, 15) is 14.9 Å². The van der Waals surface area contributed by atoms with Gasteiger partial charge in [0.15, 0.2) is 0 Å². The van der Waals surface area contributed by atoms with Crippen LogP contribution in [0.4, 0.5) is 5.69 Å². The standard InChI is InChI=1S/C11H14N2O6/c14-5-8(6-15)12-4-7-2-1-3-9(13(18)19)10(7)11(16)17/h1-3,8,12,14-15H,4-6H2,(H,16,17). The van der Waals surface area contributed by atoms with Crippen molar-refractivity contribution in [3.8, 4) is 0 Å². The van der Waals surface area contributed by atoms with Gasteiger partial charge in [-0.3, -0.25) is 10.1 Å². The molecule has 0 aliphatic rings. The first-order chi connectivity index (χ1) is 9.01. The number of carboxylic acids is 1. The van der Waals surface area contributed by atoms with E-state index in [2.05, 4.69) is 5.32 Å². The summed E-state index contributed by atoms with van der Waals surface area (Å²) in [6.45, 7) is -0.656. The molecule has 0 unspecified atom stereocenters. The third-order valence-corrected chi connectivity index (χ3v) is 2.56. The zero-order chi connectivity index (χ0) is 14.4. The fraction of sp³-hybridized carbons (Fsp3) is 0.364. The van der Waals surface area contributed by atoms with Crippen LogP contribution in [0.25, 0.3) is 0 Å². The lowest BCUT2D eigenvalue weighted by molar-refractivity contribution is -0.385. The second-order valence-corrected chi connectivity index (χ2v) is 3.82. The number of nitrogens with one attached hydrogen (secondary N) is 1. The van der Waals surface area contributed by atoms with Crippen molar-refractivity contribution in [3.05, 3.63) is 39.4 Å². The van der Waals surface area contributed by atoms with Crippen molar-refractivity contribution in [1.82, 2.24) is 5.32 Å². The Morgan fingerprint density at radius 2 is 2.00 bits per heavy atom. The first kappa shape index (κ1) is 15.0. The molecule has 1 rings (SSSR count). The minimum absolute atomic E-state index is 0.00486. The van der Waals surface area contributed by atoms with Crippen LogP contribution in [0.1, 0.15) is 15.9 Å². The van der Waals surface area contributed by atoms with Gasteiger partial charge >= 0.3 is 5.97 Å². The summed E-state index contributed by atoms with van der Waals surface area (Å²) in [6.07, 6.45) is 0. The Bertz CT molecular complexity index is 472. The molecule has 0 atom stereocenters. The Balaban J connectivity index is 3.03. The molecular formula is C11H14N2O6. The molecule has 0 aromatic heterocycles. The Kier molecular flexibility index (Phi) is 5.37. The van der Waals surface area contributed by atoms with E-state index in [4.69, 9.17) is 15.3 Å². The molecule has 104 valence electrons. The quantitative estimate of drug-likeness (QED) is 0.396. The van der Waals surface area contributed by atoms with Crippen molar-refractivity contribution < 1.29 is 25.0 Å². The normalized spacial score (nSPS) is 10.7. The highest BCUT2D eigenvalue weighted by Crippen LogP contribution is 2.22. The molecule has 0 amide bonds. The number of aliphatic hydroxyl groups is 2. The van der Waals surface area contributed by atoms with Crippen LogP contribution in [0, 0.1) is 10.1 Å². The summed E-state index contributed by atoms with van der Waals surface area (Å²) < 4.78 is 0. The van der Waals surface area contributed by atoms with E-state index >= 15 is 0 Å². The van der Waals surface area contributed by atoms with E-state index in [0.29, 0.717) is 0 Å². The van der Waals surface area contributed by atoms with Crippen LogP contribution < -0.4 is 5.32 Å². The van der Waals surface area contributed by atoms with E-state index < -0.39 is 28.2 Å². The Hall–Kier alpha value is -2.03. The number of hydrogen-bond acceptors (Lipinski definition) is 6. The summed E-state index contributed by atoms with van der Waals surface area (Å²) in [4.78, 5) is 21.1. The van der Waals surface area contributed by atoms with E-state index in [0.717, 1.165) is 6.07 Å². The number of nitrogens with zero attached hydrogens (tertiary/aromatic N) is 1. The van der Waals surface area contributed by atoms with E-state index in [1.165, 1.54) is 12.1 Å². The summed E-state index contributed by atoms with van der Waals surface area (Å²) in [5.41, 5.74) is -0.667. The SMILES string of the molecule is O=C(O)c1c(CNC(CO)CO)cccc1[N+](=O)[O-]. The van der Waals surface area contributed by atoms with Gasteiger partial charge in [0.05, 0.1) is 24.2 Å². The summed E-state index contributed by atoms with van der Waals surface area (Å²) in [7, 11) is 0. The molecule has 0 saturated carbocycles. The first-order valence-electron chi connectivity index (χ1n) is 5.46. The fourth-order valence-corrected chi connectivity index (χ4v) is 1.57. The first-order valence-corrected chi connectivity index (χ1v) is 5.46. The van der Waals surface area contributed by atoms with Gasteiger partial charge in [-0.2, -0.15) is 0 Å². The van der Waals surface area contributed by atoms with Gasteiger partial charge < -0.3 is 20.6 Å². The van der Waals surface area contributed by atoms with E-state index in [1.807, 2.05) is 0 Å². The molecule has 0 aliphatic heterocycles. The fourth-order valence-electron chi connectivity index (χ4n) is 1.57. The smallest absolute Gasteiger partial charge is 0.343 e. The Morgan fingerprint density at radius 3 is 2.47 bits per heavy atom. The molecule has 1 aromatic carbocycles. The van der Waals surface area contributed by atoms with Gasteiger partial charge in [0.25, 0.3) is 5.69 Å². The lowest BCUT2D eigenvalue weighted by Gasteiger charge is -2.14. The summed E-state index contributed by atoms with van der Waals surface area (Å²) in [5.74, 6) is -1.39. The van der Waals surface area contributed by atoms with E-state index in [-0.39, 0.29) is 25.3 Å². The minimum atomic E-state index is -1.39. The van der Waals surface area contributed by atoms with Gasteiger partial charge in [-0.15, -0.1) is 0 Å². The maximum atomic E-state index is 11.1. The maximum absolute atomic E-state index is 11.1. The predicted octanol–water partition coefficient (Wildman–Crippen LogP) is -0.264. The highest BCUT2D eigenvalue weighted by atomic mass is 16.6. The topological polar surface area (TPSA) is 133 Å². The van der Waals surface area contributed by atoms with Crippen LogP contribution in [0.5, 0.6) is 0 Å². The maximum Gasteiger partial charge on any atom is 0.343 e. The van der Waals surface area contributed by atoms with Crippen molar-refractivity contribution in [2.24, 2.45) is 0 Å². The average Bonchev–Trinajstić information content (AvgIpc) is 2.39. The number of benzene rings is 1. The lowest BCUT2D eigenvalue weighted by atomic mass is 10.1. The van der Waals surface area contributed by atoms with Gasteiger partial charge in [0, 0.05) is 12.6 Å². The summed E-state index contributed by atoms with van der Waals surface area (Å²) >= 11 is 0. The van der Waals surface area contributed by atoms with Gasteiger partial charge in [-0.1, -0.05) is 12.1 Å².